The zero-order valence-electron chi connectivity index (χ0n) is 9.17. The second-order valence-electron chi connectivity index (χ2n) is 5.43. The largest absolute Gasteiger partial charge is 0.348 e. The van der Waals surface area contributed by atoms with Crippen LogP contribution in [0, 0.1) is 15.7 Å². The number of aromatic nitrogens is 2. The molecule has 0 unspecified atom stereocenters. The van der Waals surface area contributed by atoms with Crippen LogP contribution >= 0.6 is 12.2 Å². The topological polar surface area (TPSA) is 67.8 Å². The number of aromatic amines is 1. The number of nitrogens with two attached hydrogens (primary N) is 1. The maximum Gasteiger partial charge on any atom is 0.314 e. The van der Waals surface area contributed by atoms with E-state index in [0.29, 0.717) is 12.0 Å². The molecular weight excluding hydrogens is 210 g/mol. The highest BCUT2D eigenvalue weighted by atomic mass is 32.1. The number of rotatable bonds is 3. The van der Waals surface area contributed by atoms with Crippen LogP contribution in [0.25, 0.3) is 0 Å². The van der Waals surface area contributed by atoms with Crippen molar-refractivity contribution in [3.8, 4) is 0 Å². The van der Waals surface area contributed by atoms with E-state index in [9.17, 15) is 0 Å². The van der Waals surface area contributed by atoms with E-state index in [2.05, 4.69) is 24.0 Å². The van der Waals surface area contributed by atoms with E-state index in [1.54, 1.807) is 0 Å². The van der Waals surface area contributed by atoms with Gasteiger partial charge < -0.3 is 10.3 Å². The molecule has 15 heavy (non-hydrogen) atoms. The summed E-state index contributed by atoms with van der Waals surface area (Å²) in [6.07, 6.45) is 3.13. The second-order valence-corrected chi connectivity index (χ2v) is 5.78. The van der Waals surface area contributed by atoms with Gasteiger partial charge in [-0.3, -0.25) is 0 Å². The molecule has 4 nitrogen and oxygen atoms in total. The molecule has 5 heteroatoms. The molecule has 1 fully saturated rings. The first-order valence-corrected chi connectivity index (χ1v) is 5.60. The van der Waals surface area contributed by atoms with Crippen LogP contribution in [0.2, 0.25) is 0 Å². The number of hydrogen-bond donors (Lipinski definition) is 2. The SMILES string of the molecule is CC1(C)CC(CN)(Cc2nc(=S)o[nH]2)C1. The summed E-state index contributed by atoms with van der Waals surface area (Å²) in [4.78, 5) is 4.38. The van der Waals surface area contributed by atoms with Crippen molar-refractivity contribution < 1.29 is 4.52 Å². The van der Waals surface area contributed by atoms with Crippen molar-refractivity contribution in [2.24, 2.45) is 16.6 Å². The molecule has 1 saturated carbocycles. The molecule has 0 amide bonds. The Morgan fingerprint density at radius 1 is 1.53 bits per heavy atom. The third-order valence-corrected chi connectivity index (χ3v) is 3.34. The fourth-order valence-corrected chi connectivity index (χ4v) is 3.16. The van der Waals surface area contributed by atoms with Gasteiger partial charge in [-0.05, 0) is 42.4 Å². The zero-order chi connectivity index (χ0) is 11.1. The van der Waals surface area contributed by atoms with Crippen molar-refractivity contribution in [3.63, 3.8) is 0 Å². The first-order chi connectivity index (χ1) is 6.95. The van der Waals surface area contributed by atoms with Crippen LogP contribution in [-0.2, 0) is 6.42 Å². The van der Waals surface area contributed by atoms with Gasteiger partial charge in [-0.1, -0.05) is 13.8 Å². The van der Waals surface area contributed by atoms with Crippen LogP contribution in [0.5, 0.6) is 0 Å². The fourth-order valence-electron chi connectivity index (χ4n) is 3.01. The number of H-pyrrole nitrogens is 1. The summed E-state index contributed by atoms with van der Waals surface area (Å²) in [5, 5.41) is 2.75. The standard InChI is InChI=1S/C10H17N3OS/c1-9(2)4-10(5-9,6-11)3-7-12-8(15)14-13-7/h3-6,11H2,1-2H3,(H,12,13,15). The Labute approximate surface area is 94.2 Å². The predicted octanol–water partition coefficient (Wildman–Crippen LogP) is 2.04. The zero-order valence-corrected chi connectivity index (χ0v) is 9.99. The van der Waals surface area contributed by atoms with Gasteiger partial charge in [-0.15, -0.1) is 0 Å². The van der Waals surface area contributed by atoms with Crippen molar-refractivity contribution in [2.75, 3.05) is 6.54 Å². The minimum Gasteiger partial charge on any atom is -0.348 e. The molecule has 84 valence electrons. The molecule has 0 saturated heterocycles. The van der Waals surface area contributed by atoms with Crippen molar-refractivity contribution >= 4 is 12.2 Å². The van der Waals surface area contributed by atoms with E-state index in [1.807, 2.05) is 0 Å². The second kappa shape index (κ2) is 3.42. The Bertz CT molecular complexity index is 399. The highest BCUT2D eigenvalue weighted by Gasteiger charge is 2.48. The highest BCUT2D eigenvalue weighted by Crippen LogP contribution is 2.54. The minimum absolute atomic E-state index is 0.193. The van der Waals surface area contributed by atoms with Crippen LogP contribution in [0.3, 0.4) is 0 Å². The van der Waals surface area contributed by atoms with E-state index in [-0.39, 0.29) is 10.3 Å². The van der Waals surface area contributed by atoms with Gasteiger partial charge in [-0.2, -0.15) is 4.98 Å². The van der Waals surface area contributed by atoms with Crippen LogP contribution in [0.15, 0.2) is 4.52 Å². The number of nitrogens with one attached hydrogen (secondary N) is 1. The van der Waals surface area contributed by atoms with Gasteiger partial charge in [0.05, 0.1) is 0 Å². The molecule has 1 aromatic heterocycles. The van der Waals surface area contributed by atoms with Crippen molar-refractivity contribution in [1.82, 2.24) is 10.1 Å². The van der Waals surface area contributed by atoms with Gasteiger partial charge >= 0.3 is 4.84 Å². The normalized spacial score (nSPS) is 22.3. The van der Waals surface area contributed by atoms with Crippen molar-refractivity contribution in [1.29, 1.82) is 0 Å². The maximum absolute atomic E-state index is 5.85. The molecule has 1 aliphatic carbocycles. The molecule has 0 aromatic carbocycles. The first-order valence-electron chi connectivity index (χ1n) is 5.19. The number of nitrogens with zero attached hydrogens (tertiary/aromatic N) is 1. The van der Waals surface area contributed by atoms with E-state index < -0.39 is 0 Å². The predicted molar refractivity (Wildman–Crippen MR) is 59.9 cm³/mol. The van der Waals surface area contributed by atoms with Crippen molar-refractivity contribution in [3.05, 3.63) is 10.7 Å². The van der Waals surface area contributed by atoms with E-state index in [1.165, 1.54) is 0 Å². The molecule has 2 rings (SSSR count). The van der Waals surface area contributed by atoms with Crippen molar-refractivity contribution in [2.45, 2.75) is 33.1 Å². The fraction of sp³-hybridized carbons (Fsp3) is 0.800. The molecule has 0 radical (unpaired) electrons. The van der Waals surface area contributed by atoms with Gasteiger partial charge in [0.15, 0.2) is 0 Å². The van der Waals surface area contributed by atoms with Gasteiger partial charge in [0.25, 0.3) is 0 Å². The molecule has 0 aliphatic heterocycles. The average molecular weight is 227 g/mol. The Kier molecular flexibility index (Phi) is 2.47. The van der Waals surface area contributed by atoms with Crippen LogP contribution < -0.4 is 5.73 Å². The summed E-state index contributed by atoms with van der Waals surface area (Å²) in [7, 11) is 0. The molecule has 3 N–H and O–H groups in total. The third kappa shape index (κ3) is 2.13. The summed E-state index contributed by atoms with van der Waals surface area (Å²) >= 11 is 4.82. The van der Waals surface area contributed by atoms with E-state index >= 15 is 0 Å². The molecule has 1 heterocycles. The lowest BCUT2D eigenvalue weighted by Gasteiger charge is -2.52. The number of hydrogen-bond acceptors (Lipinski definition) is 4. The third-order valence-electron chi connectivity index (χ3n) is 3.16. The van der Waals surface area contributed by atoms with Gasteiger partial charge in [-0.25, -0.2) is 5.16 Å². The molecule has 1 aliphatic rings. The Morgan fingerprint density at radius 2 is 2.20 bits per heavy atom. The van der Waals surface area contributed by atoms with Crippen LogP contribution in [-0.4, -0.2) is 16.7 Å². The van der Waals surface area contributed by atoms with Gasteiger partial charge in [0, 0.05) is 6.42 Å². The molecule has 1 aromatic rings. The lowest BCUT2D eigenvalue weighted by atomic mass is 9.53. The summed E-state index contributed by atoms with van der Waals surface area (Å²) in [6.45, 7) is 5.24. The Hall–Kier alpha value is -0.680. The van der Waals surface area contributed by atoms with Gasteiger partial charge in [0.1, 0.15) is 5.82 Å². The highest BCUT2D eigenvalue weighted by molar-refractivity contribution is 7.71. The molecule has 0 spiro atoms. The average Bonchev–Trinajstić information content (AvgIpc) is 2.47. The monoisotopic (exact) mass is 227 g/mol. The summed E-state index contributed by atoms with van der Waals surface area (Å²) in [5.41, 5.74) is 6.46. The minimum atomic E-state index is 0.193. The summed E-state index contributed by atoms with van der Waals surface area (Å²) < 4.78 is 4.91. The van der Waals surface area contributed by atoms with Crippen LogP contribution in [0.1, 0.15) is 32.5 Å². The Balaban J connectivity index is 2.08. The first kappa shape index (κ1) is 10.8. The van der Waals surface area contributed by atoms with E-state index in [4.69, 9.17) is 22.5 Å². The molecular formula is C10H17N3OS. The summed E-state index contributed by atoms with van der Waals surface area (Å²) in [6, 6.07) is 0. The maximum atomic E-state index is 5.85. The summed E-state index contributed by atoms with van der Waals surface area (Å²) in [5.74, 6) is 0.820. The Morgan fingerprint density at radius 3 is 2.60 bits per heavy atom. The molecule has 0 bridgehead atoms. The molecule has 0 atom stereocenters. The lowest BCUT2D eigenvalue weighted by Crippen LogP contribution is -2.49. The lowest BCUT2D eigenvalue weighted by molar-refractivity contribution is -0.00682. The smallest absolute Gasteiger partial charge is 0.314 e. The van der Waals surface area contributed by atoms with Gasteiger partial charge in [0.2, 0.25) is 0 Å². The quantitative estimate of drug-likeness (QED) is 0.775. The van der Waals surface area contributed by atoms with Crippen LogP contribution in [0.4, 0.5) is 0 Å². The van der Waals surface area contributed by atoms with E-state index in [0.717, 1.165) is 25.1 Å².